The van der Waals surface area contributed by atoms with E-state index in [1.807, 2.05) is 6.07 Å². The predicted molar refractivity (Wildman–Crippen MR) is 78.1 cm³/mol. The van der Waals surface area contributed by atoms with Crippen LogP contribution in [0.25, 0.3) is 0 Å². The summed E-state index contributed by atoms with van der Waals surface area (Å²) in [6.07, 6.45) is 0. The molecular formula is C14H10ClFN2O2S. The van der Waals surface area contributed by atoms with Gasteiger partial charge in [-0.25, -0.2) is 12.8 Å². The summed E-state index contributed by atoms with van der Waals surface area (Å²) < 4.78 is 40.4. The van der Waals surface area contributed by atoms with Gasteiger partial charge in [0, 0.05) is 0 Å². The van der Waals surface area contributed by atoms with Crippen molar-refractivity contribution in [3.05, 3.63) is 58.4 Å². The number of sulfonamides is 1. The van der Waals surface area contributed by atoms with Gasteiger partial charge in [-0.05, 0) is 42.8 Å². The van der Waals surface area contributed by atoms with Crippen molar-refractivity contribution in [2.75, 3.05) is 4.72 Å². The largest absolute Gasteiger partial charge is 0.277 e. The molecule has 0 aliphatic carbocycles. The number of halogens is 2. The zero-order valence-corrected chi connectivity index (χ0v) is 12.5. The first kappa shape index (κ1) is 15.3. The average Bonchev–Trinajstić information content (AvgIpc) is 2.42. The molecule has 0 atom stereocenters. The zero-order chi connectivity index (χ0) is 15.6. The number of nitrogens with one attached hydrogen (secondary N) is 1. The topological polar surface area (TPSA) is 70.0 Å². The summed E-state index contributed by atoms with van der Waals surface area (Å²) in [4.78, 5) is -0.275. The predicted octanol–water partition coefficient (Wildman–Crippen LogP) is 3.46. The van der Waals surface area contributed by atoms with Gasteiger partial charge in [-0.2, -0.15) is 5.26 Å². The van der Waals surface area contributed by atoms with Crippen molar-refractivity contribution in [2.45, 2.75) is 11.8 Å². The SMILES string of the molecule is Cc1ccc(NS(=O)(=O)c2cc(C#N)ccc2Cl)c(F)c1. The number of hydrogen-bond acceptors (Lipinski definition) is 3. The van der Waals surface area contributed by atoms with Gasteiger partial charge in [-0.3, -0.25) is 4.72 Å². The molecule has 0 fully saturated rings. The first-order valence-electron chi connectivity index (χ1n) is 5.82. The Kier molecular flexibility index (Phi) is 4.16. The molecule has 2 rings (SSSR count). The number of rotatable bonds is 3. The van der Waals surface area contributed by atoms with Crippen molar-refractivity contribution < 1.29 is 12.8 Å². The quantitative estimate of drug-likeness (QED) is 0.940. The first-order chi connectivity index (χ1) is 9.83. The third kappa shape index (κ3) is 3.32. The highest BCUT2D eigenvalue weighted by molar-refractivity contribution is 7.92. The number of nitrogens with zero attached hydrogens (tertiary/aromatic N) is 1. The van der Waals surface area contributed by atoms with Gasteiger partial charge in [0.2, 0.25) is 0 Å². The highest BCUT2D eigenvalue weighted by atomic mass is 35.5. The minimum Gasteiger partial charge on any atom is -0.277 e. The van der Waals surface area contributed by atoms with E-state index in [2.05, 4.69) is 4.72 Å². The Morgan fingerprint density at radius 2 is 1.95 bits per heavy atom. The van der Waals surface area contributed by atoms with Crippen molar-refractivity contribution in [1.29, 1.82) is 5.26 Å². The monoisotopic (exact) mass is 324 g/mol. The van der Waals surface area contributed by atoms with Crippen LogP contribution >= 0.6 is 11.6 Å². The van der Waals surface area contributed by atoms with Crippen LogP contribution in [-0.2, 0) is 10.0 Å². The Balaban J connectivity index is 2.46. The Labute approximate surface area is 126 Å². The molecule has 0 aromatic heterocycles. The van der Waals surface area contributed by atoms with Gasteiger partial charge in [-0.1, -0.05) is 17.7 Å². The standard InChI is InChI=1S/C14H10ClFN2O2S/c1-9-2-5-13(12(16)6-9)18-21(19,20)14-7-10(8-17)3-4-11(14)15/h2-7,18H,1H3. The summed E-state index contributed by atoms with van der Waals surface area (Å²) >= 11 is 5.85. The lowest BCUT2D eigenvalue weighted by Crippen LogP contribution is -2.14. The summed E-state index contributed by atoms with van der Waals surface area (Å²) in [5.74, 6) is -0.689. The molecule has 0 radical (unpaired) electrons. The van der Waals surface area contributed by atoms with E-state index in [1.165, 1.54) is 24.3 Å². The van der Waals surface area contributed by atoms with Crippen LogP contribution in [0, 0.1) is 24.1 Å². The van der Waals surface area contributed by atoms with Crippen LogP contribution in [0.5, 0.6) is 0 Å². The molecule has 0 heterocycles. The minimum atomic E-state index is -4.09. The fraction of sp³-hybridized carbons (Fsp3) is 0.0714. The zero-order valence-electron chi connectivity index (χ0n) is 10.9. The molecule has 0 aliphatic rings. The highest BCUT2D eigenvalue weighted by Gasteiger charge is 2.20. The Hall–Kier alpha value is -2.10. The van der Waals surface area contributed by atoms with Gasteiger partial charge < -0.3 is 0 Å². The molecule has 0 saturated heterocycles. The Morgan fingerprint density at radius 1 is 1.24 bits per heavy atom. The van der Waals surface area contributed by atoms with Crippen molar-refractivity contribution in [3.63, 3.8) is 0 Å². The van der Waals surface area contributed by atoms with Crippen molar-refractivity contribution in [2.24, 2.45) is 0 Å². The second-order valence-corrected chi connectivity index (χ2v) is 6.40. The van der Waals surface area contributed by atoms with Gasteiger partial charge in [0.05, 0.1) is 22.3 Å². The smallest absolute Gasteiger partial charge is 0.263 e. The molecule has 4 nitrogen and oxygen atoms in total. The summed E-state index contributed by atoms with van der Waals surface area (Å²) in [6, 6.07) is 9.78. The van der Waals surface area contributed by atoms with Crippen LogP contribution in [0.15, 0.2) is 41.3 Å². The van der Waals surface area contributed by atoms with E-state index in [0.29, 0.717) is 5.56 Å². The molecule has 0 unspecified atom stereocenters. The number of hydrogen-bond donors (Lipinski definition) is 1. The molecule has 0 spiro atoms. The third-order valence-electron chi connectivity index (χ3n) is 2.72. The number of aryl methyl sites for hydroxylation is 1. The van der Waals surface area contributed by atoms with Crippen molar-refractivity contribution in [1.82, 2.24) is 0 Å². The van der Waals surface area contributed by atoms with Gasteiger partial charge in [-0.15, -0.1) is 0 Å². The van der Waals surface area contributed by atoms with Gasteiger partial charge in [0.15, 0.2) is 0 Å². The third-order valence-corrected chi connectivity index (χ3v) is 4.57. The van der Waals surface area contributed by atoms with Crippen LogP contribution in [0.4, 0.5) is 10.1 Å². The van der Waals surface area contributed by atoms with Gasteiger partial charge in [0.25, 0.3) is 10.0 Å². The molecule has 0 bridgehead atoms. The Bertz CT molecular complexity index is 845. The maximum absolute atomic E-state index is 13.7. The lowest BCUT2D eigenvalue weighted by molar-refractivity contribution is 0.598. The van der Waals surface area contributed by atoms with E-state index in [9.17, 15) is 12.8 Å². The van der Waals surface area contributed by atoms with Crippen LogP contribution in [-0.4, -0.2) is 8.42 Å². The molecule has 0 saturated carbocycles. The molecule has 2 aromatic carbocycles. The van der Waals surface area contributed by atoms with E-state index in [1.54, 1.807) is 13.0 Å². The highest BCUT2D eigenvalue weighted by Crippen LogP contribution is 2.26. The second kappa shape index (κ2) is 5.72. The van der Waals surface area contributed by atoms with E-state index >= 15 is 0 Å². The lowest BCUT2D eigenvalue weighted by atomic mass is 10.2. The number of benzene rings is 2. The van der Waals surface area contributed by atoms with Crippen LogP contribution in [0.2, 0.25) is 5.02 Å². The minimum absolute atomic E-state index is 0.0472. The molecule has 7 heteroatoms. The number of nitriles is 1. The summed E-state index contributed by atoms with van der Waals surface area (Å²) in [6.45, 7) is 1.69. The maximum Gasteiger partial charge on any atom is 0.263 e. The van der Waals surface area contributed by atoms with Crippen molar-refractivity contribution >= 4 is 27.3 Å². The molecule has 0 amide bonds. The van der Waals surface area contributed by atoms with E-state index in [4.69, 9.17) is 16.9 Å². The van der Waals surface area contributed by atoms with Crippen LogP contribution in [0.1, 0.15) is 11.1 Å². The fourth-order valence-electron chi connectivity index (χ4n) is 1.68. The second-order valence-electron chi connectivity index (χ2n) is 4.35. The maximum atomic E-state index is 13.7. The summed E-state index contributed by atoms with van der Waals surface area (Å²) in [7, 11) is -4.09. The number of anilines is 1. The molecule has 108 valence electrons. The molecule has 21 heavy (non-hydrogen) atoms. The molecule has 1 N–H and O–H groups in total. The fourth-order valence-corrected chi connectivity index (χ4v) is 3.28. The first-order valence-corrected chi connectivity index (χ1v) is 7.68. The average molecular weight is 325 g/mol. The molecule has 2 aromatic rings. The van der Waals surface area contributed by atoms with Crippen molar-refractivity contribution in [3.8, 4) is 6.07 Å². The normalized spacial score (nSPS) is 11.0. The molecule has 0 aliphatic heterocycles. The van der Waals surface area contributed by atoms with Gasteiger partial charge >= 0.3 is 0 Å². The van der Waals surface area contributed by atoms with Gasteiger partial charge in [0.1, 0.15) is 10.7 Å². The van der Waals surface area contributed by atoms with Crippen LogP contribution < -0.4 is 4.72 Å². The Morgan fingerprint density at radius 3 is 2.57 bits per heavy atom. The van der Waals surface area contributed by atoms with E-state index < -0.39 is 15.8 Å². The molecular weight excluding hydrogens is 315 g/mol. The van der Waals surface area contributed by atoms with E-state index in [0.717, 1.165) is 6.07 Å². The summed E-state index contributed by atoms with van der Waals surface area (Å²) in [5, 5.41) is 8.77. The van der Waals surface area contributed by atoms with E-state index in [-0.39, 0.29) is 21.2 Å². The lowest BCUT2D eigenvalue weighted by Gasteiger charge is -2.11. The van der Waals surface area contributed by atoms with Crippen LogP contribution in [0.3, 0.4) is 0 Å². The summed E-state index contributed by atoms with van der Waals surface area (Å²) in [5.41, 5.74) is 0.628.